The average Bonchev–Trinajstić information content (AvgIpc) is 2.55. The highest BCUT2D eigenvalue weighted by molar-refractivity contribution is 5.81. The van der Waals surface area contributed by atoms with E-state index in [1.165, 1.54) is 19.3 Å². The van der Waals surface area contributed by atoms with E-state index in [0.29, 0.717) is 5.78 Å². The summed E-state index contributed by atoms with van der Waals surface area (Å²) in [6.45, 7) is 5.25. The Balaban J connectivity index is 1.89. The molecular formula is C15H27NO2. The highest BCUT2D eigenvalue weighted by Gasteiger charge is 2.32. The molecule has 2 aliphatic rings. The van der Waals surface area contributed by atoms with Crippen molar-refractivity contribution in [1.29, 1.82) is 0 Å². The molecule has 0 spiro atoms. The lowest BCUT2D eigenvalue weighted by molar-refractivity contribution is -0.124. The van der Waals surface area contributed by atoms with Gasteiger partial charge in [-0.2, -0.15) is 0 Å². The molecule has 2 unspecified atom stereocenters. The predicted molar refractivity (Wildman–Crippen MR) is 72.7 cm³/mol. The van der Waals surface area contributed by atoms with E-state index in [0.717, 1.165) is 45.3 Å². The van der Waals surface area contributed by atoms with Crippen LogP contribution in [0.1, 0.15) is 51.9 Å². The fourth-order valence-electron chi connectivity index (χ4n) is 3.37. The van der Waals surface area contributed by atoms with Crippen molar-refractivity contribution in [3.63, 3.8) is 0 Å². The van der Waals surface area contributed by atoms with Gasteiger partial charge in [0.15, 0.2) is 0 Å². The van der Waals surface area contributed by atoms with Crippen LogP contribution in [0.25, 0.3) is 0 Å². The van der Waals surface area contributed by atoms with E-state index in [-0.39, 0.29) is 11.5 Å². The Morgan fingerprint density at radius 3 is 2.94 bits per heavy atom. The molecule has 3 nitrogen and oxygen atoms in total. The van der Waals surface area contributed by atoms with Crippen LogP contribution in [0.15, 0.2) is 0 Å². The first kappa shape index (κ1) is 14.0. The maximum atomic E-state index is 12.1. The van der Waals surface area contributed by atoms with E-state index in [1.807, 2.05) is 0 Å². The molecule has 2 rings (SSSR count). The quantitative estimate of drug-likeness (QED) is 0.724. The molecule has 1 aliphatic carbocycles. The van der Waals surface area contributed by atoms with Gasteiger partial charge in [-0.25, -0.2) is 0 Å². The van der Waals surface area contributed by atoms with Crippen LogP contribution >= 0.6 is 0 Å². The summed E-state index contributed by atoms with van der Waals surface area (Å²) in [5, 5.41) is 0. The summed E-state index contributed by atoms with van der Waals surface area (Å²) in [6, 6.07) is 0. The number of piperidine rings is 1. The largest absolute Gasteiger partial charge is 0.377 e. The van der Waals surface area contributed by atoms with E-state index in [4.69, 9.17) is 4.74 Å². The third-order valence-corrected chi connectivity index (χ3v) is 4.64. The van der Waals surface area contributed by atoms with Gasteiger partial charge in [0.1, 0.15) is 5.78 Å². The average molecular weight is 253 g/mol. The van der Waals surface area contributed by atoms with E-state index in [1.54, 1.807) is 7.11 Å². The van der Waals surface area contributed by atoms with Crippen LogP contribution in [0.4, 0.5) is 0 Å². The smallest absolute Gasteiger partial charge is 0.137 e. The van der Waals surface area contributed by atoms with Crippen molar-refractivity contribution in [1.82, 2.24) is 4.90 Å². The summed E-state index contributed by atoms with van der Waals surface area (Å²) < 4.78 is 5.62. The molecule has 0 bridgehead atoms. The van der Waals surface area contributed by atoms with Gasteiger partial charge in [-0.3, -0.25) is 9.69 Å². The normalized spacial score (nSPS) is 35.4. The fraction of sp³-hybridized carbons (Fsp3) is 0.933. The number of ether oxygens (including phenoxy) is 1. The highest BCUT2D eigenvalue weighted by Crippen LogP contribution is 2.27. The number of carbonyl (C=O) groups is 1. The van der Waals surface area contributed by atoms with Gasteiger partial charge in [0.05, 0.1) is 5.60 Å². The van der Waals surface area contributed by atoms with Gasteiger partial charge in [-0.05, 0) is 39.2 Å². The molecule has 0 aromatic rings. The van der Waals surface area contributed by atoms with Crippen molar-refractivity contribution >= 4 is 5.78 Å². The number of nitrogens with zero attached hydrogens (tertiary/aromatic N) is 1. The minimum absolute atomic E-state index is 0.00791. The lowest BCUT2D eigenvalue weighted by Crippen LogP contribution is -2.49. The Kier molecular flexibility index (Phi) is 4.79. The predicted octanol–water partition coefficient (Wildman–Crippen LogP) is 2.64. The second kappa shape index (κ2) is 6.16. The Bertz CT molecular complexity index is 292. The molecule has 0 N–H and O–H groups in total. The van der Waals surface area contributed by atoms with E-state index in [9.17, 15) is 4.79 Å². The van der Waals surface area contributed by atoms with Crippen molar-refractivity contribution in [3.8, 4) is 0 Å². The molecule has 2 atom stereocenters. The van der Waals surface area contributed by atoms with Crippen LogP contribution in [0, 0.1) is 5.92 Å². The van der Waals surface area contributed by atoms with Crippen molar-refractivity contribution in [3.05, 3.63) is 0 Å². The van der Waals surface area contributed by atoms with E-state index >= 15 is 0 Å². The third kappa shape index (κ3) is 3.55. The summed E-state index contributed by atoms with van der Waals surface area (Å²) in [6.07, 6.45) is 7.79. The van der Waals surface area contributed by atoms with E-state index < -0.39 is 0 Å². The number of hydrogen-bond acceptors (Lipinski definition) is 3. The number of Topliss-reactive ketones (excluding diaryl/α,β-unsaturated/α-hetero) is 1. The van der Waals surface area contributed by atoms with Crippen LogP contribution in [-0.2, 0) is 9.53 Å². The van der Waals surface area contributed by atoms with Gasteiger partial charge in [0.25, 0.3) is 0 Å². The van der Waals surface area contributed by atoms with Crippen LogP contribution in [0.2, 0.25) is 0 Å². The summed E-state index contributed by atoms with van der Waals surface area (Å²) in [4.78, 5) is 14.5. The number of hydrogen-bond donors (Lipinski definition) is 0. The molecule has 0 aromatic heterocycles. The molecule has 1 aliphatic heterocycles. The van der Waals surface area contributed by atoms with Crippen molar-refractivity contribution < 1.29 is 9.53 Å². The zero-order chi connectivity index (χ0) is 13.0. The first-order chi connectivity index (χ1) is 8.63. The first-order valence-electron chi connectivity index (χ1n) is 7.43. The lowest BCUT2D eigenvalue weighted by atomic mass is 9.92. The van der Waals surface area contributed by atoms with Gasteiger partial charge in [0.2, 0.25) is 0 Å². The molecule has 0 aromatic carbocycles. The molecular weight excluding hydrogens is 226 g/mol. The summed E-state index contributed by atoms with van der Waals surface area (Å²) in [5.41, 5.74) is -0.00791. The SMILES string of the molecule is COC1(C)CCCN(CC2CCCCCC2=O)C1. The maximum absolute atomic E-state index is 12.1. The van der Waals surface area contributed by atoms with Gasteiger partial charge < -0.3 is 4.74 Å². The summed E-state index contributed by atoms with van der Waals surface area (Å²) >= 11 is 0. The maximum Gasteiger partial charge on any atom is 0.137 e. The number of ketones is 1. The zero-order valence-electron chi connectivity index (χ0n) is 11.9. The minimum Gasteiger partial charge on any atom is -0.377 e. The van der Waals surface area contributed by atoms with E-state index in [2.05, 4.69) is 11.8 Å². The van der Waals surface area contributed by atoms with Crippen LogP contribution in [0.3, 0.4) is 0 Å². The van der Waals surface area contributed by atoms with Gasteiger partial charge in [0, 0.05) is 32.5 Å². The first-order valence-corrected chi connectivity index (χ1v) is 7.43. The molecule has 1 saturated heterocycles. The van der Waals surface area contributed by atoms with Gasteiger partial charge in [-0.15, -0.1) is 0 Å². The molecule has 0 radical (unpaired) electrons. The van der Waals surface area contributed by atoms with Crippen LogP contribution < -0.4 is 0 Å². The Morgan fingerprint density at radius 1 is 1.33 bits per heavy atom. The Labute approximate surface area is 111 Å². The topological polar surface area (TPSA) is 29.5 Å². The van der Waals surface area contributed by atoms with Crippen LogP contribution in [0.5, 0.6) is 0 Å². The summed E-state index contributed by atoms with van der Waals surface area (Å²) in [7, 11) is 1.81. The second-order valence-corrected chi connectivity index (χ2v) is 6.26. The molecule has 0 amide bonds. The zero-order valence-corrected chi connectivity index (χ0v) is 11.9. The number of methoxy groups -OCH3 is 1. The monoisotopic (exact) mass is 253 g/mol. The standard InChI is InChI=1S/C15H27NO2/c1-15(18-2)9-6-10-16(12-15)11-13-7-4-3-5-8-14(13)17/h13H,3-12H2,1-2H3. The minimum atomic E-state index is -0.00791. The molecule has 1 saturated carbocycles. The molecule has 3 heteroatoms. The number of likely N-dealkylation sites (tertiary alicyclic amines) is 1. The fourth-order valence-corrected chi connectivity index (χ4v) is 3.37. The second-order valence-electron chi connectivity index (χ2n) is 6.26. The summed E-state index contributed by atoms with van der Waals surface area (Å²) in [5.74, 6) is 0.781. The van der Waals surface area contributed by atoms with Crippen molar-refractivity contribution in [2.45, 2.75) is 57.5 Å². The molecule has 18 heavy (non-hydrogen) atoms. The highest BCUT2D eigenvalue weighted by atomic mass is 16.5. The van der Waals surface area contributed by atoms with Gasteiger partial charge in [-0.1, -0.05) is 12.8 Å². The van der Waals surface area contributed by atoms with Crippen molar-refractivity contribution in [2.75, 3.05) is 26.7 Å². The Morgan fingerprint density at radius 2 is 2.17 bits per heavy atom. The molecule has 1 heterocycles. The van der Waals surface area contributed by atoms with Crippen LogP contribution in [-0.4, -0.2) is 43.0 Å². The third-order valence-electron chi connectivity index (χ3n) is 4.64. The lowest BCUT2D eigenvalue weighted by Gasteiger charge is -2.40. The number of carbonyl (C=O) groups excluding carboxylic acids is 1. The molecule has 104 valence electrons. The molecule has 2 fully saturated rings. The number of rotatable bonds is 3. The van der Waals surface area contributed by atoms with Gasteiger partial charge >= 0.3 is 0 Å². The Hall–Kier alpha value is -0.410. The van der Waals surface area contributed by atoms with Crippen molar-refractivity contribution in [2.24, 2.45) is 5.92 Å².